The van der Waals surface area contributed by atoms with E-state index in [0.717, 1.165) is 36.4 Å². The fourth-order valence-corrected chi connectivity index (χ4v) is 2.81. The van der Waals surface area contributed by atoms with Gasteiger partial charge in [0.2, 0.25) is 0 Å². The van der Waals surface area contributed by atoms with Gasteiger partial charge in [-0.15, -0.1) is 0 Å². The van der Waals surface area contributed by atoms with Gasteiger partial charge in [-0.25, -0.2) is 0 Å². The third kappa shape index (κ3) is 2.31. The van der Waals surface area contributed by atoms with Gasteiger partial charge in [0.15, 0.2) is 0 Å². The minimum Gasteiger partial charge on any atom is -0.493 e. The van der Waals surface area contributed by atoms with E-state index in [1.807, 2.05) is 18.5 Å². The molecule has 1 aromatic heterocycles. The lowest BCUT2D eigenvalue weighted by molar-refractivity contribution is 0.357. The Morgan fingerprint density at radius 3 is 3.14 bits per heavy atom. The monoisotopic (exact) mass is 276 g/mol. The van der Waals surface area contributed by atoms with Gasteiger partial charge in [-0.2, -0.15) is 0 Å². The standard InChI is InChI=1S/C18H16N2O/c1-2-14-6-8-19-12-16(14)17(3-1)20-11-13-4-5-18-15(10-13)7-9-21-18/h1-6,8,10,12,20H,7,9,11H2. The first-order chi connectivity index (χ1) is 10.4. The first kappa shape index (κ1) is 12.2. The summed E-state index contributed by atoms with van der Waals surface area (Å²) in [6.45, 7) is 1.61. The number of benzene rings is 2. The number of nitrogens with one attached hydrogen (secondary N) is 1. The van der Waals surface area contributed by atoms with Crippen LogP contribution in [0.2, 0.25) is 0 Å². The van der Waals surface area contributed by atoms with Crippen LogP contribution in [0, 0.1) is 0 Å². The molecule has 1 aliphatic rings. The van der Waals surface area contributed by atoms with E-state index in [4.69, 9.17) is 4.74 Å². The number of anilines is 1. The Bertz CT molecular complexity index is 793. The van der Waals surface area contributed by atoms with E-state index in [1.165, 1.54) is 16.5 Å². The molecule has 3 heteroatoms. The van der Waals surface area contributed by atoms with E-state index in [9.17, 15) is 0 Å². The zero-order valence-electron chi connectivity index (χ0n) is 11.7. The largest absolute Gasteiger partial charge is 0.493 e. The van der Waals surface area contributed by atoms with Crippen molar-refractivity contribution < 1.29 is 4.74 Å². The van der Waals surface area contributed by atoms with Crippen LogP contribution in [0.15, 0.2) is 54.9 Å². The normalized spacial score (nSPS) is 13.0. The van der Waals surface area contributed by atoms with Crippen LogP contribution >= 0.6 is 0 Å². The van der Waals surface area contributed by atoms with Gasteiger partial charge in [0.1, 0.15) is 5.75 Å². The predicted molar refractivity (Wildman–Crippen MR) is 84.7 cm³/mol. The summed E-state index contributed by atoms with van der Waals surface area (Å²) in [5.41, 5.74) is 3.71. The Morgan fingerprint density at radius 2 is 2.14 bits per heavy atom. The predicted octanol–water partition coefficient (Wildman–Crippen LogP) is 3.78. The first-order valence-corrected chi connectivity index (χ1v) is 7.21. The summed E-state index contributed by atoms with van der Waals surface area (Å²) in [4.78, 5) is 4.22. The van der Waals surface area contributed by atoms with Crippen LogP contribution < -0.4 is 10.1 Å². The molecule has 0 atom stereocenters. The molecule has 4 rings (SSSR count). The Kier molecular flexibility index (Phi) is 2.96. The average Bonchev–Trinajstić information content (AvgIpc) is 3.00. The summed E-state index contributed by atoms with van der Waals surface area (Å²) in [7, 11) is 0. The van der Waals surface area contributed by atoms with Crippen molar-refractivity contribution in [1.29, 1.82) is 0 Å². The fourth-order valence-electron chi connectivity index (χ4n) is 2.81. The fraction of sp³-hybridized carbons (Fsp3) is 0.167. The topological polar surface area (TPSA) is 34.1 Å². The number of rotatable bonds is 3. The smallest absolute Gasteiger partial charge is 0.122 e. The van der Waals surface area contributed by atoms with Gasteiger partial charge in [-0.3, -0.25) is 4.98 Å². The highest BCUT2D eigenvalue weighted by Gasteiger charge is 2.11. The molecule has 0 saturated carbocycles. The van der Waals surface area contributed by atoms with Gasteiger partial charge in [0.05, 0.1) is 6.61 Å². The van der Waals surface area contributed by atoms with E-state index in [0.29, 0.717) is 0 Å². The van der Waals surface area contributed by atoms with E-state index >= 15 is 0 Å². The maximum absolute atomic E-state index is 5.55. The summed E-state index contributed by atoms with van der Waals surface area (Å²) < 4.78 is 5.55. The van der Waals surface area contributed by atoms with Crippen LogP contribution in [0.25, 0.3) is 10.8 Å². The minimum absolute atomic E-state index is 0.807. The van der Waals surface area contributed by atoms with Gasteiger partial charge in [-0.05, 0) is 34.7 Å². The van der Waals surface area contributed by atoms with Crippen LogP contribution in [0.1, 0.15) is 11.1 Å². The van der Waals surface area contributed by atoms with E-state index in [1.54, 1.807) is 0 Å². The maximum atomic E-state index is 5.55. The summed E-state index contributed by atoms with van der Waals surface area (Å²) in [6, 6.07) is 14.7. The molecule has 1 N–H and O–H groups in total. The Balaban J connectivity index is 1.58. The molecule has 0 unspecified atom stereocenters. The van der Waals surface area contributed by atoms with Gasteiger partial charge in [0.25, 0.3) is 0 Å². The molecule has 0 saturated heterocycles. The quantitative estimate of drug-likeness (QED) is 0.790. The van der Waals surface area contributed by atoms with E-state index < -0.39 is 0 Å². The van der Waals surface area contributed by atoms with Crippen molar-refractivity contribution in [3.05, 3.63) is 66.0 Å². The van der Waals surface area contributed by atoms with Crippen LogP contribution in [-0.2, 0) is 13.0 Å². The second kappa shape index (κ2) is 5.09. The zero-order chi connectivity index (χ0) is 14.1. The van der Waals surface area contributed by atoms with Crippen LogP contribution in [-0.4, -0.2) is 11.6 Å². The highest BCUT2D eigenvalue weighted by Crippen LogP contribution is 2.27. The number of aromatic nitrogens is 1. The lowest BCUT2D eigenvalue weighted by Gasteiger charge is -2.10. The molecule has 0 spiro atoms. The molecule has 0 amide bonds. The van der Waals surface area contributed by atoms with Crippen molar-refractivity contribution in [1.82, 2.24) is 4.98 Å². The number of hydrogen-bond acceptors (Lipinski definition) is 3. The van der Waals surface area contributed by atoms with E-state index in [2.05, 4.69) is 46.7 Å². The van der Waals surface area contributed by atoms with Crippen molar-refractivity contribution in [3.8, 4) is 5.75 Å². The van der Waals surface area contributed by atoms with Gasteiger partial charge < -0.3 is 10.1 Å². The lowest BCUT2D eigenvalue weighted by atomic mass is 10.1. The Hall–Kier alpha value is -2.55. The van der Waals surface area contributed by atoms with Crippen LogP contribution in [0.5, 0.6) is 5.75 Å². The molecule has 1 aliphatic heterocycles. The van der Waals surface area contributed by atoms with E-state index in [-0.39, 0.29) is 0 Å². The van der Waals surface area contributed by atoms with Crippen LogP contribution in [0.3, 0.4) is 0 Å². The zero-order valence-corrected chi connectivity index (χ0v) is 11.7. The number of ether oxygens (including phenoxy) is 1. The molecule has 0 fully saturated rings. The molecule has 3 aromatic rings. The summed E-state index contributed by atoms with van der Waals surface area (Å²) >= 11 is 0. The number of pyridine rings is 1. The minimum atomic E-state index is 0.807. The molecule has 0 aliphatic carbocycles. The van der Waals surface area contributed by atoms with Crippen molar-refractivity contribution in [2.45, 2.75) is 13.0 Å². The van der Waals surface area contributed by atoms with Gasteiger partial charge >= 0.3 is 0 Å². The average molecular weight is 276 g/mol. The third-order valence-corrected chi connectivity index (χ3v) is 3.92. The summed E-state index contributed by atoms with van der Waals surface area (Å²) in [5.74, 6) is 1.04. The molecule has 21 heavy (non-hydrogen) atoms. The molecule has 0 bridgehead atoms. The molecular formula is C18H16N2O. The number of nitrogens with zero attached hydrogens (tertiary/aromatic N) is 1. The van der Waals surface area contributed by atoms with Crippen molar-refractivity contribution in [2.75, 3.05) is 11.9 Å². The van der Waals surface area contributed by atoms with Crippen molar-refractivity contribution in [2.24, 2.45) is 0 Å². The van der Waals surface area contributed by atoms with Crippen LogP contribution in [0.4, 0.5) is 5.69 Å². The third-order valence-electron chi connectivity index (χ3n) is 3.92. The first-order valence-electron chi connectivity index (χ1n) is 7.21. The molecule has 104 valence electrons. The lowest BCUT2D eigenvalue weighted by Crippen LogP contribution is -2.00. The Labute approximate surface area is 123 Å². The SMILES string of the molecule is c1cc(NCc2ccc3c(c2)CCO3)c2cnccc2c1. The number of fused-ring (bicyclic) bond motifs is 2. The second-order valence-corrected chi connectivity index (χ2v) is 5.30. The Morgan fingerprint density at radius 1 is 1.14 bits per heavy atom. The second-order valence-electron chi connectivity index (χ2n) is 5.30. The highest BCUT2D eigenvalue weighted by atomic mass is 16.5. The van der Waals surface area contributed by atoms with Crippen molar-refractivity contribution in [3.63, 3.8) is 0 Å². The molecule has 2 heterocycles. The highest BCUT2D eigenvalue weighted by molar-refractivity contribution is 5.93. The molecule has 2 aromatic carbocycles. The number of hydrogen-bond donors (Lipinski definition) is 1. The van der Waals surface area contributed by atoms with Crippen molar-refractivity contribution >= 4 is 16.5 Å². The van der Waals surface area contributed by atoms with Gasteiger partial charge in [0, 0.05) is 36.4 Å². The molecular weight excluding hydrogens is 260 g/mol. The van der Waals surface area contributed by atoms with Gasteiger partial charge in [-0.1, -0.05) is 24.3 Å². The molecule has 3 nitrogen and oxygen atoms in total. The molecule has 0 radical (unpaired) electrons. The maximum Gasteiger partial charge on any atom is 0.122 e. The summed E-state index contributed by atoms with van der Waals surface area (Å²) in [5, 5.41) is 5.88. The summed E-state index contributed by atoms with van der Waals surface area (Å²) in [6.07, 6.45) is 4.75.